The highest BCUT2D eigenvalue weighted by atomic mass is 16.5. The Morgan fingerprint density at radius 1 is 1.33 bits per heavy atom. The first-order chi connectivity index (χ1) is 16.0. The Morgan fingerprint density at radius 3 is 2.85 bits per heavy atom. The van der Waals surface area contributed by atoms with Crippen LogP contribution in [0.25, 0.3) is 6.08 Å². The van der Waals surface area contributed by atoms with Gasteiger partial charge in [0.25, 0.3) is 5.91 Å². The van der Waals surface area contributed by atoms with Gasteiger partial charge in [-0.15, -0.1) is 0 Å². The van der Waals surface area contributed by atoms with Crippen molar-refractivity contribution in [1.29, 1.82) is 0 Å². The number of anilines is 2. The second kappa shape index (κ2) is 10.4. The fraction of sp³-hybridized carbons (Fsp3) is 0.391. The molecule has 2 N–H and O–H groups in total. The Balaban J connectivity index is 1.43. The molecule has 33 heavy (non-hydrogen) atoms. The molecule has 0 bridgehead atoms. The highest BCUT2D eigenvalue weighted by molar-refractivity contribution is 6.01. The summed E-state index contributed by atoms with van der Waals surface area (Å²) in [7, 11) is 0. The third kappa shape index (κ3) is 5.47. The van der Waals surface area contributed by atoms with Crippen LogP contribution in [-0.2, 0) is 23.9 Å². The molecule has 0 spiro atoms. The lowest BCUT2D eigenvalue weighted by molar-refractivity contribution is -0.132. The topological polar surface area (TPSA) is 117 Å². The summed E-state index contributed by atoms with van der Waals surface area (Å²) in [5.41, 5.74) is 2.03. The minimum Gasteiger partial charge on any atom is -0.377 e. The lowest BCUT2D eigenvalue weighted by atomic mass is 10.1. The van der Waals surface area contributed by atoms with Crippen LogP contribution in [0.15, 0.2) is 42.9 Å². The molecule has 0 saturated carbocycles. The minimum atomic E-state index is -0.652. The van der Waals surface area contributed by atoms with Crippen molar-refractivity contribution in [3.05, 3.63) is 48.6 Å². The van der Waals surface area contributed by atoms with Gasteiger partial charge in [-0.25, -0.2) is 4.98 Å². The van der Waals surface area contributed by atoms with Gasteiger partial charge >= 0.3 is 0 Å². The molecule has 2 aliphatic heterocycles. The number of nitrogens with zero attached hydrogens (tertiary/aromatic N) is 3. The van der Waals surface area contributed by atoms with Gasteiger partial charge in [0, 0.05) is 43.6 Å². The first-order valence-electron chi connectivity index (χ1n) is 10.9. The number of morpholine rings is 1. The first-order valence-corrected chi connectivity index (χ1v) is 10.9. The molecular formula is C23H27N5O5. The molecule has 1 aromatic heterocycles. The van der Waals surface area contributed by atoms with E-state index >= 15 is 0 Å². The number of carbonyl (C=O) groups is 3. The largest absolute Gasteiger partial charge is 0.377 e. The van der Waals surface area contributed by atoms with Crippen molar-refractivity contribution in [2.45, 2.75) is 25.5 Å². The molecule has 2 atom stereocenters. The minimum absolute atomic E-state index is 0.0693. The molecule has 4 rings (SSSR count). The van der Waals surface area contributed by atoms with Crippen molar-refractivity contribution < 1.29 is 23.9 Å². The Morgan fingerprint density at radius 2 is 2.15 bits per heavy atom. The van der Waals surface area contributed by atoms with Crippen molar-refractivity contribution in [3.8, 4) is 0 Å². The summed E-state index contributed by atoms with van der Waals surface area (Å²) in [5, 5.41) is 2.89. The Labute approximate surface area is 191 Å². The molecule has 2 aliphatic rings. The Bertz CT molecular complexity index is 1000. The van der Waals surface area contributed by atoms with E-state index in [1.54, 1.807) is 41.4 Å². The second-order valence-corrected chi connectivity index (χ2v) is 7.79. The van der Waals surface area contributed by atoms with Crippen LogP contribution in [-0.4, -0.2) is 77.6 Å². The maximum Gasteiger partial charge on any atom is 0.253 e. The number of rotatable bonds is 7. The van der Waals surface area contributed by atoms with Gasteiger partial charge in [-0.1, -0.05) is 0 Å². The van der Waals surface area contributed by atoms with Crippen LogP contribution in [0.2, 0.25) is 0 Å². The number of nitrogens with one attached hydrogen (secondary N) is 2. The molecule has 0 radical (unpaired) electrons. The normalized spacial score (nSPS) is 21.1. The van der Waals surface area contributed by atoms with Crippen LogP contribution in [0, 0.1) is 0 Å². The maximum atomic E-state index is 13.1. The molecule has 2 saturated heterocycles. The summed E-state index contributed by atoms with van der Waals surface area (Å²) in [5.74, 6) is -0.646. The third-order valence-corrected chi connectivity index (χ3v) is 5.61. The van der Waals surface area contributed by atoms with Crippen LogP contribution in [0.3, 0.4) is 0 Å². The molecule has 174 valence electrons. The van der Waals surface area contributed by atoms with Gasteiger partial charge in [0.1, 0.15) is 12.6 Å². The molecule has 0 aliphatic carbocycles. The van der Waals surface area contributed by atoms with Gasteiger partial charge in [-0.05, 0) is 37.3 Å². The molecule has 10 nitrogen and oxygen atoms in total. The standard InChI is InChI=1S/C23H27N5O5/c1-2-33-19-11-20(28(13-19)21(29)8-5-17-12-24-15-25-17)23(31)26-16-3-6-18(7-4-16)27-9-10-32-14-22(27)30/h3-8,12,15,19-20H,2,9-11,13-14H2,1H3,(H,24,25)(H,26,31)/b8-5+/t19-,20-/m1/s1. The van der Waals surface area contributed by atoms with Gasteiger partial charge in [0.2, 0.25) is 11.8 Å². The predicted octanol–water partition coefficient (Wildman–Crippen LogP) is 1.43. The quantitative estimate of drug-likeness (QED) is 0.613. The van der Waals surface area contributed by atoms with Crippen molar-refractivity contribution in [3.63, 3.8) is 0 Å². The monoisotopic (exact) mass is 453 g/mol. The van der Waals surface area contributed by atoms with E-state index in [1.165, 1.54) is 17.3 Å². The van der Waals surface area contributed by atoms with Crippen molar-refractivity contribution in [2.24, 2.45) is 0 Å². The molecule has 3 amide bonds. The van der Waals surface area contributed by atoms with Gasteiger partial charge in [-0.2, -0.15) is 0 Å². The van der Waals surface area contributed by atoms with Crippen molar-refractivity contribution in [2.75, 3.05) is 43.1 Å². The number of hydrogen-bond acceptors (Lipinski definition) is 6. The lowest BCUT2D eigenvalue weighted by Gasteiger charge is -2.27. The van der Waals surface area contributed by atoms with Crippen LogP contribution >= 0.6 is 0 Å². The zero-order chi connectivity index (χ0) is 23.2. The van der Waals surface area contributed by atoms with Crippen LogP contribution in [0.4, 0.5) is 11.4 Å². The number of benzene rings is 1. The molecule has 10 heteroatoms. The maximum absolute atomic E-state index is 13.1. The van der Waals surface area contributed by atoms with Gasteiger partial charge in [0.05, 0.1) is 30.9 Å². The van der Waals surface area contributed by atoms with E-state index in [-0.39, 0.29) is 30.4 Å². The fourth-order valence-electron chi connectivity index (χ4n) is 4.00. The van der Waals surface area contributed by atoms with Crippen LogP contribution in [0.1, 0.15) is 19.0 Å². The van der Waals surface area contributed by atoms with Crippen LogP contribution < -0.4 is 10.2 Å². The third-order valence-electron chi connectivity index (χ3n) is 5.61. The number of hydrogen-bond donors (Lipinski definition) is 2. The Hall–Kier alpha value is -3.50. The molecule has 1 aromatic carbocycles. The predicted molar refractivity (Wildman–Crippen MR) is 121 cm³/mol. The second-order valence-electron chi connectivity index (χ2n) is 7.79. The highest BCUT2D eigenvalue weighted by Crippen LogP contribution is 2.24. The summed E-state index contributed by atoms with van der Waals surface area (Å²) in [6.45, 7) is 3.79. The van der Waals surface area contributed by atoms with Crippen LogP contribution in [0.5, 0.6) is 0 Å². The molecule has 3 heterocycles. The zero-order valence-corrected chi connectivity index (χ0v) is 18.4. The van der Waals surface area contributed by atoms with E-state index in [0.717, 1.165) is 5.69 Å². The summed E-state index contributed by atoms with van der Waals surface area (Å²) >= 11 is 0. The van der Waals surface area contributed by atoms with Gasteiger partial charge in [0.15, 0.2) is 0 Å². The summed E-state index contributed by atoms with van der Waals surface area (Å²) in [6, 6.07) is 6.41. The van der Waals surface area contributed by atoms with E-state index in [9.17, 15) is 14.4 Å². The van der Waals surface area contributed by atoms with E-state index in [0.29, 0.717) is 44.1 Å². The molecular weight excluding hydrogens is 426 g/mol. The number of carbonyl (C=O) groups excluding carboxylic acids is 3. The summed E-state index contributed by atoms with van der Waals surface area (Å²) < 4.78 is 10.9. The van der Waals surface area contributed by atoms with E-state index in [4.69, 9.17) is 9.47 Å². The molecule has 2 aromatic rings. The number of aromatic nitrogens is 2. The van der Waals surface area contributed by atoms with E-state index < -0.39 is 6.04 Å². The highest BCUT2D eigenvalue weighted by Gasteiger charge is 2.39. The van der Waals surface area contributed by atoms with Crippen molar-refractivity contribution in [1.82, 2.24) is 14.9 Å². The number of aromatic amines is 1. The summed E-state index contributed by atoms with van der Waals surface area (Å²) in [4.78, 5) is 47.9. The van der Waals surface area contributed by atoms with E-state index in [2.05, 4.69) is 15.3 Å². The lowest BCUT2D eigenvalue weighted by Crippen LogP contribution is -2.42. The van der Waals surface area contributed by atoms with Gasteiger partial charge < -0.3 is 29.6 Å². The zero-order valence-electron chi connectivity index (χ0n) is 18.4. The molecule has 2 fully saturated rings. The SMILES string of the molecule is CCO[C@@H]1C[C@H](C(=O)Nc2ccc(N3CCOCC3=O)cc2)N(C(=O)/C=C/c2cnc[nH]2)C1. The number of amides is 3. The first kappa shape index (κ1) is 22.7. The fourth-order valence-corrected chi connectivity index (χ4v) is 4.00. The average Bonchev–Trinajstić information content (AvgIpc) is 3.49. The number of ether oxygens (including phenoxy) is 2. The summed E-state index contributed by atoms with van der Waals surface area (Å²) in [6.07, 6.45) is 6.41. The average molecular weight is 453 g/mol. The smallest absolute Gasteiger partial charge is 0.253 e. The Kier molecular flexibility index (Phi) is 7.16. The number of imidazole rings is 1. The van der Waals surface area contributed by atoms with E-state index in [1.807, 2.05) is 6.92 Å². The number of likely N-dealkylation sites (tertiary alicyclic amines) is 1. The molecule has 0 unspecified atom stereocenters. The number of H-pyrrole nitrogens is 1. The van der Waals surface area contributed by atoms with Crippen molar-refractivity contribution >= 4 is 35.2 Å². The van der Waals surface area contributed by atoms with Gasteiger partial charge in [-0.3, -0.25) is 14.4 Å².